The molecule has 0 amide bonds. The Labute approximate surface area is 196 Å². The van der Waals surface area contributed by atoms with Gasteiger partial charge in [0.25, 0.3) is 0 Å². The lowest BCUT2D eigenvalue weighted by Gasteiger charge is -2.38. The number of hydrogen-bond donors (Lipinski definition) is 1. The highest BCUT2D eigenvalue weighted by molar-refractivity contribution is 5.77. The van der Waals surface area contributed by atoms with E-state index in [0.29, 0.717) is 5.41 Å². The molecule has 0 saturated carbocycles. The highest BCUT2D eigenvalue weighted by atomic mass is 19.4. The quantitative estimate of drug-likeness (QED) is 0.602. The van der Waals surface area contributed by atoms with Gasteiger partial charge in [-0.3, -0.25) is 9.47 Å². The molecule has 2 saturated heterocycles. The first kappa shape index (κ1) is 24.2. The largest absolute Gasteiger partial charge is 0.490 e. The summed E-state index contributed by atoms with van der Waals surface area (Å²) in [6, 6.07) is 17.3. The van der Waals surface area contributed by atoms with E-state index >= 15 is 0 Å². The average molecular weight is 475 g/mol. The average Bonchev–Trinajstić information content (AvgIpc) is 3.38. The van der Waals surface area contributed by atoms with Gasteiger partial charge in [0.2, 0.25) is 0 Å². The lowest BCUT2D eigenvalue weighted by Crippen LogP contribution is -2.42. The van der Waals surface area contributed by atoms with Gasteiger partial charge in [0, 0.05) is 25.3 Å². The number of hydrogen-bond acceptors (Lipinski definition) is 4. The van der Waals surface area contributed by atoms with Crippen molar-refractivity contribution in [2.75, 3.05) is 33.2 Å². The molecule has 1 unspecified atom stereocenters. The van der Waals surface area contributed by atoms with E-state index in [2.05, 4.69) is 68.9 Å². The normalized spacial score (nSPS) is 21.5. The van der Waals surface area contributed by atoms with Gasteiger partial charge in [-0.2, -0.15) is 13.2 Å². The van der Waals surface area contributed by atoms with Crippen molar-refractivity contribution in [3.63, 3.8) is 0 Å². The van der Waals surface area contributed by atoms with Crippen LogP contribution in [-0.4, -0.2) is 69.8 Å². The number of carbonyl (C=O) groups is 1. The molecule has 2 aliphatic heterocycles. The van der Waals surface area contributed by atoms with E-state index in [4.69, 9.17) is 9.90 Å². The van der Waals surface area contributed by atoms with Crippen LogP contribution in [0, 0.1) is 5.41 Å². The first-order valence-corrected chi connectivity index (χ1v) is 11.4. The van der Waals surface area contributed by atoms with Gasteiger partial charge in [0.1, 0.15) is 6.33 Å². The number of carboxylic acids is 1. The Hall–Kier alpha value is -2.91. The van der Waals surface area contributed by atoms with Crippen LogP contribution in [0.15, 0.2) is 54.9 Å². The maximum atomic E-state index is 10.6. The Morgan fingerprint density at radius 1 is 1.06 bits per heavy atom. The standard InChI is InChI=1S/C23H28N4.C2HF3O2/c1-25-13-4-11-23(16-25)12-14-26(17-23)15-19-7-9-20(10-8-19)27-18-24-21-5-2-3-6-22(21)27;3-2(4,5)1(6)7/h2-3,5-10,18H,4,11-17H2,1H3;(H,6,7). The molecule has 1 atom stereocenters. The zero-order chi connectivity index (χ0) is 24.3. The molecule has 0 bridgehead atoms. The second-order valence-electron chi connectivity index (χ2n) is 9.37. The number of aliphatic carboxylic acids is 1. The van der Waals surface area contributed by atoms with E-state index in [9.17, 15) is 13.2 Å². The van der Waals surface area contributed by atoms with Crippen LogP contribution in [0.25, 0.3) is 16.7 Å². The summed E-state index contributed by atoms with van der Waals surface area (Å²) < 4.78 is 33.9. The van der Waals surface area contributed by atoms with Crippen molar-refractivity contribution in [2.24, 2.45) is 5.41 Å². The first-order valence-electron chi connectivity index (χ1n) is 11.4. The molecule has 0 aliphatic carbocycles. The van der Waals surface area contributed by atoms with Crippen LogP contribution in [0.1, 0.15) is 24.8 Å². The van der Waals surface area contributed by atoms with Crippen molar-refractivity contribution in [3.05, 3.63) is 60.4 Å². The molecule has 2 aliphatic rings. The number of rotatable bonds is 3. The smallest absolute Gasteiger partial charge is 0.475 e. The molecule has 34 heavy (non-hydrogen) atoms. The highest BCUT2D eigenvalue weighted by Crippen LogP contribution is 2.39. The lowest BCUT2D eigenvalue weighted by atomic mass is 9.79. The number of likely N-dealkylation sites (tertiary alicyclic amines) is 2. The third-order valence-electron chi connectivity index (χ3n) is 6.69. The number of alkyl halides is 3. The van der Waals surface area contributed by atoms with E-state index < -0.39 is 12.1 Å². The molecular weight excluding hydrogens is 445 g/mol. The maximum absolute atomic E-state index is 10.6. The number of imidazole rings is 1. The Morgan fingerprint density at radius 2 is 1.76 bits per heavy atom. The van der Waals surface area contributed by atoms with Gasteiger partial charge < -0.3 is 10.0 Å². The fourth-order valence-electron chi connectivity index (χ4n) is 5.14. The summed E-state index contributed by atoms with van der Waals surface area (Å²) in [5, 5.41) is 7.12. The third-order valence-corrected chi connectivity index (χ3v) is 6.69. The predicted molar refractivity (Wildman–Crippen MR) is 124 cm³/mol. The number of para-hydroxylation sites is 2. The summed E-state index contributed by atoms with van der Waals surface area (Å²) in [5.74, 6) is -2.76. The van der Waals surface area contributed by atoms with E-state index in [1.54, 1.807) is 0 Å². The minimum atomic E-state index is -5.08. The second kappa shape index (κ2) is 9.76. The third kappa shape index (κ3) is 5.59. The van der Waals surface area contributed by atoms with Crippen LogP contribution < -0.4 is 0 Å². The summed E-state index contributed by atoms with van der Waals surface area (Å²) in [5.41, 5.74) is 5.33. The van der Waals surface area contributed by atoms with Gasteiger partial charge in [-0.25, -0.2) is 9.78 Å². The van der Waals surface area contributed by atoms with Gasteiger partial charge in [-0.1, -0.05) is 24.3 Å². The summed E-state index contributed by atoms with van der Waals surface area (Å²) in [4.78, 5) is 18.6. The summed E-state index contributed by atoms with van der Waals surface area (Å²) in [7, 11) is 2.28. The Bertz CT molecular complexity index is 1130. The number of fused-ring (bicyclic) bond motifs is 1. The number of halogens is 3. The van der Waals surface area contributed by atoms with Crippen LogP contribution in [0.2, 0.25) is 0 Å². The number of nitrogens with zero attached hydrogens (tertiary/aromatic N) is 4. The van der Waals surface area contributed by atoms with Gasteiger partial charge >= 0.3 is 12.1 Å². The fraction of sp³-hybridized carbons (Fsp3) is 0.440. The van der Waals surface area contributed by atoms with E-state index in [-0.39, 0.29) is 0 Å². The van der Waals surface area contributed by atoms with Crippen molar-refractivity contribution in [1.29, 1.82) is 0 Å². The van der Waals surface area contributed by atoms with E-state index in [0.717, 1.165) is 17.6 Å². The van der Waals surface area contributed by atoms with Gasteiger partial charge in [0.05, 0.1) is 11.0 Å². The van der Waals surface area contributed by atoms with Crippen molar-refractivity contribution in [2.45, 2.75) is 32.0 Å². The number of carboxylic acid groups (broad SMARTS) is 1. The Balaban J connectivity index is 0.000000344. The van der Waals surface area contributed by atoms with Gasteiger partial charge in [-0.05, 0) is 74.6 Å². The van der Waals surface area contributed by atoms with Gasteiger partial charge in [0.15, 0.2) is 0 Å². The number of benzene rings is 2. The second-order valence-corrected chi connectivity index (χ2v) is 9.37. The monoisotopic (exact) mass is 474 g/mol. The first-order chi connectivity index (χ1) is 16.2. The minimum absolute atomic E-state index is 0.544. The van der Waals surface area contributed by atoms with Crippen LogP contribution in [0.4, 0.5) is 13.2 Å². The van der Waals surface area contributed by atoms with Crippen LogP contribution in [0.5, 0.6) is 0 Å². The molecule has 3 heterocycles. The molecule has 1 spiro atoms. The lowest BCUT2D eigenvalue weighted by molar-refractivity contribution is -0.192. The van der Waals surface area contributed by atoms with E-state index in [1.807, 2.05) is 12.4 Å². The molecule has 2 aromatic carbocycles. The highest BCUT2D eigenvalue weighted by Gasteiger charge is 2.40. The molecule has 1 N–H and O–H groups in total. The SMILES string of the molecule is CN1CCCC2(CCN(Cc3ccc(-n4cnc5ccccc54)cc3)C2)C1.O=C(O)C(F)(F)F. The Morgan fingerprint density at radius 3 is 2.44 bits per heavy atom. The molecule has 0 radical (unpaired) electrons. The van der Waals surface area contributed by atoms with Gasteiger partial charge in [-0.15, -0.1) is 0 Å². The molecule has 9 heteroatoms. The summed E-state index contributed by atoms with van der Waals surface area (Å²) >= 11 is 0. The number of aromatic nitrogens is 2. The van der Waals surface area contributed by atoms with Crippen LogP contribution in [-0.2, 0) is 11.3 Å². The predicted octanol–water partition coefficient (Wildman–Crippen LogP) is 4.58. The number of piperidine rings is 1. The zero-order valence-corrected chi connectivity index (χ0v) is 19.1. The molecule has 5 rings (SSSR count). The van der Waals surface area contributed by atoms with E-state index in [1.165, 1.54) is 56.7 Å². The van der Waals surface area contributed by atoms with Crippen LogP contribution in [0.3, 0.4) is 0 Å². The van der Waals surface area contributed by atoms with Crippen molar-refractivity contribution < 1.29 is 23.1 Å². The zero-order valence-electron chi connectivity index (χ0n) is 19.1. The molecular formula is C25H29F3N4O2. The molecule has 1 aromatic heterocycles. The molecule has 2 fully saturated rings. The minimum Gasteiger partial charge on any atom is -0.475 e. The maximum Gasteiger partial charge on any atom is 0.490 e. The molecule has 182 valence electrons. The summed E-state index contributed by atoms with van der Waals surface area (Å²) in [6.07, 6.45) is 0.957. The fourth-order valence-corrected chi connectivity index (χ4v) is 5.14. The Kier molecular flexibility index (Phi) is 6.95. The summed E-state index contributed by atoms with van der Waals surface area (Å²) in [6.45, 7) is 6.10. The molecule has 3 aromatic rings. The van der Waals surface area contributed by atoms with Crippen LogP contribution >= 0.6 is 0 Å². The topological polar surface area (TPSA) is 61.6 Å². The van der Waals surface area contributed by atoms with Crippen molar-refractivity contribution in [3.8, 4) is 5.69 Å². The van der Waals surface area contributed by atoms with Crippen molar-refractivity contribution in [1.82, 2.24) is 19.4 Å². The van der Waals surface area contributed by atoms with Crippen molar-refractivity contribution >= 4 is 17.0 Å². The molecule has 6 nitrogen and oxygen atoms in total.